The van der Waals surface area contributed by atoms with Gasteiger partial charge in [-0.15, -0.1) is 17.8 Å². The van der Waals surface area contributed by atoms with Gasteiger partial charge in [-0.3, -0.25) is 4.79 Å². The van der Waals surface area contributed by atoms with Crippen LogP contribution >= 0.6 is 22.9 Å². The predicted molar refractivity (Wildman–Crippen MR) is 140 cm³/mol. The van der Waals surface area contributed by atoms with Crippen molar-refractivity contribution in [3.63, 3.8) is 0 Å². The molecular formula is C27H26ClNO7S. The van der Waals surface area contributed by atoms with Gasteiger partial charge in [-0.1, -0.05) is 17.5 Å². The summed E-state index contributed by atoms with van der Waals surface area (Å²) < 4.78 is 21.2. The quantitative estimate of drug-likeness (QED) is 0.155. The SMILES string of the molecule is C#CCOc1c(Cl)cc(C=C(C#N)C(=O)Cc2sc(C(=O)OCC)c(C)c2C(=O)OCC)cc1OCC. The number of carbonyl (C=O) groups is 3. The molecule has 0 aliphatic carbocycles. The van der Waals surface area contributed by atoms with Crippen molar-refractivity contribution in [3.05, 3.63) is 49.2 Å². The van der Waals surface area contributed by atoms with Gasteiger partial charge in [0.05, 0.1) is 36.0 Å². The number of esters is 2. The van der Waals surface area contributed by atoms with Crippen molar-refractivity contribution in [1.29, 1.82) is 5.26 Å². The van der Waals surface area contributed by atoms with E-state index in [4.69, 9.17) is 37.0 Å². The van der Waals surface area contributed by atoms with E-state index in [1.54, 1.807) is 33.8 Å². The number of hydrogen-bond acceptors (Lipinski definition) is 9. The van der Waals surface area contributed by atoms with Gasteiger partial charge < -0.3 is 18.9 Å². The molecule has 2 aromatic rings. The summed E-state index contributed by atoms with van der Waals surface area (Å²) in [6.45, 7) is 7.25. The van der Waals surface area contributed by atoms with Crippen LogP contribution in [-0.2, 0) is 20.7 Å². The maximum atomic E-state index is 13.1. The fourth-order valence-electron chi connectivity index (χ4n) is 3.33. The second-order valence-corrected chi connectivity index (χ2v) is 8.83. The van der Waals surface area contributed by atoms with Gasteiger partial charge in [0.15, 0.2) is 17.3 Å². The topological polar surface area (TPSA) is 112 Å². The molecule has 0 N–H and O–H groups in total. The van der Waals surface area contributed by atoms with Crippen LogP contribution in [-0.4, -0.2) is 44.1 Å². The van der Waals surface area contributed by atoms with Crippen LogP contribution in [0.4, 0.5) is 0 Å². The molecule has 10 heteroatoms. The summed E-state index contributed by atoms with van der Waals surface area (Å²) in [7, 11) is 0. The van der Waals surface area contributed by atoms with Crippen LogP contribution in [0.3, 0.4) is 0 Å². The first-order valence-electron chi connectivity index (χ1n) is 11.4. The van der Waals surface area contributed by atoms with Crippen molar-refractivity contribution < 1.29 is 33.3 Å². The fourth-order valence-corrected chi connectivity index (χ4v) is 4.79. The van der Waals surface area contributed by atoms with Crippen LogP contribution in [0.1, 0.15) is 56.8 Å². The molecule has 2 rings (SSSR count). The van der Waals surface area contributed by atoms with E-state index in [0.717, 1.165) is 11.3 Å². The molecular weight excluding hydrogens is 518 g/mol. The average molecular weight is 544 g/mol. The summed E-state index contributed by atoms with van der Waals surface area (Å²) in [5.41, 5.74) is 0.723. The third kappa shape index (κ3) is 7.36. The number of carbonyl (C=O) groups excluding carboxylic acids is 3. The molecule has 0 aliphatic heterocycles. The molecule has 0 fully saturated rings. The minimum atomic E-state index is -0.659. The molecule has 37 heavy (non-hydrogen) atoms. The van der Waals surface area contributed by atoms with E-state index in [-0.39, 0.29) is 53.0 Å². The molecule has 8 nitrogen and oxygen atoms in total. The number of allylic oxidation sites excluding steroid dienone is 1. The summed E-state index contributed by atoms with van der Waals surface area (Å²) >= 11 is 7.30. The van der Waals surface area contributed by atoms with Crippen LogP contribution in [0.25, 0.3) is 6.08 Å². The minimum absolute atomic E-state index is 0.0201. The zero-order chi connectivity index (χ0) is 27.5. The first-order valence-corrected chi connectivity index (χ1v) is 12.6. The maximum Gasteiger partial charge on any atom is 0.348 e. The maximum absolute atomic E-state index is 13.1. The van der Waals surface area contributed by atoms with Crippen LogP contribution in [0.5, 0.6) is 11.5 Å². The highest BCUT2D eigenvalue weighted by atomic mass is 35.5. The Balaban J connectivity index is 2.48. The van der Waals surface area contributed by atoms with Gasteiger partial charge in [0, 0.05) is 11.3 Å². The third-order valence-electron chi connectivity index (χ3n) is 4.84. The van der Waals surface area contributed by atoms with Gasteiger partial charge in [-0.05, 0) is 57.0 Å². The Morgan fingerprint density at radius 2 is 1.76 bits per heavy atom. The smallest absolute Gasteiger partial charge is 0.348 e. The van der Waals surface area contributed by atoms with Crippen LogP contribution in [0.15, 0.2) is 17.7 Å². The summed E-state index contributed by atoms with van der Waals surface area (Å²) in [5, 5.41) is 9.91. The van der Waals surface area contributed by atoms with Crippen molar-refractivity contribution >= 4 is 46.7 Å². The lowest BCUT2D eigenvalue weighted by atomic mass is 10.0. The third-order valence-corrected chi connectivity index (χ3v) is 6.40. The number of ketones is 1. The molecule has 0 unspecified atom stereocenters. The molecule has 0 aliphatic rings. The van der Waals surface area contributed by atoms with Crippen molar-refractivity contribution in [2.75, 3.05) is 26.4 Å². The lowest BCUT2D eigenvalue weighted by molar-refractivity contribution is -0.114. The highest BCUT2D eigenvalue weighted by molar-refractivity contribution is 7.14. The number of hydrogen-bond donors (Lipinski definition) is 0. The van der Waals surface area contributed by atoms with Crippen LogP contribution in [0.2, 0.25) is 5.02 Å². The number of terminal acetylenes is 1. The lowest BCUT2D eigenvalue weighted by Crippen LogP contribution is -2.12. The molecule has 0 atom stereocenters. The van der Waals surface area contributed by atoms with E-state index in [1.165, 1.54) is 12.1 Å². The Morgan fingerprint density at radius 1 is 1.08 bits per heavy atom. The Morgan fingerprint density at radius 3 is 2.35 bits per heavy atom. The van der Waals surface area contributed by atoms with Gasteiger partial charge in [0.2, 0.25) is 0 Å². The highest BCUT2D eigenvalue weighted by Crippen LogP contribution is 2.37. The Bertz CT molecular complexity index is 1300. The van der Waals surface area contributed by atoms with E-state index in [0.29, 0.717) is 28.4 Å². The number of ether oxygens (including phenoxy) is 4. The molecule has 0 spiro atoms. The summed E-state index contributed by atoms with van der Waals surface area (Å²) in [6, 6.07) is 4.98. The molecule has 0 bridgehead atoms. The van der Waals surface area contributed by atoms with Gasteiger partial charge >= 0.3 is 11.9 Å². The molecule has 194 valence electrons. The Labute approximate surface area is 224 Å². The molecule has 1 heterocycles. The molecule has 0 radical (unpaired) electrons. The number of Topliss-reactive ketones (excluding diaryl/α,β-unsaturated/α-hetero) is 1. The molecule has 1 aromatic carbocycles. The Hall–Kier alpha value is -3.79. The normalized spacial score (nSPS) is 10.7. The standard InChI is InChI=1S/C27H26ClNO7S/c1-6-10-36-24-19(28)12-17(13-21(24)33-7-2)11-18(15-29)20(30)14-22-23(26(31)34-8-3)16(5)25(37-22)27(32)35-9-4/h1,11-13H,7-10,14H2,2-5H3. The summed E-state index contributed by atoms with van der Waals surface area (Å²) in [5.74, 6) is 1.08. The fraction of sp³-hybridized carbons (Fsp3) is 0.333. The van der Waals surface area contributed by atoms with Crippen LogP contribution in [0, 0.1) is 30.6 Å². The summed E-state index contributed by atoms with van der Waals surface area (Å²) in [6.07, 6.45) is 6.32. The van der Waals surface area contributed by atoms with E-state index in [9.17, 15) is 19.6 Å². The van der Waals surface area contributed by atoms with Crippen molar-refractivity contribution in [2.45, 2.75) is 34.1 Å². The van der Waals surface area contributed by atoms with Crippen molar-refractivity contribution in [3.8, 4) is 29.9 Å². The lowest BCUT2D eigenvalue weighted by Gasteiger charge is -2.13. The van der Waals surface area contributed by atoms with Gasteiger partial charge in [-0.2, -0.15) is 5.26 Å². The molecule has 0 amide bonds. The molecule has 1 aromatic heterocycles. The largest absolute Gasteiger partial charge is 0.490 e. The predicted octanol–water partition coefficient (Wildman–Crippen LogP) is 5.19. The van der Waals surface area contributed by atoms with E-state index >= 15 is 0 Å². The molecule has 0 saturated heterocycles. The van der Waals surface area contributed by atoms with Crippen LogP contribution < -0.4 is 9.47 Å². The van der Waals surface area contributed by atoms with Crippen molar-refractivity contribution in [1.82, 2.24) is 0 Å². The number of nitriles is 1. The number of rotatable bonds is 12. The number of nitrogens with zero attached hydrogens (tertiary/aromatic N) is 1. The number of thiophene rings is 1. The van der Waals surface area contributed by atoms with Crippen molar-refractivity contribution in [2.24, 2.45) is 0 Å². The zero-order valence-electron chi connectivity index (χ0n) is 20.9. The summed E-state index contributed by atoms with van der Waals surface area (Å²) in [4.78, 5) is 38.6. The zero-order valence-corrected chi connectivity index (χ0v) is 22.5. The second-order valence-electron chi connectivity index (χ2n) is 7.32. The first-order chi connectivity index (χ1) is 17.7. The highest BCUT2D eigenvalue weighted by Gasteiger charge is 2.28. The average Bonchev–Trinajstić information content (AvgIpc) is 3.18. The van der Waals surface area contributed by atoms with Gasteiger partial charge in [-0.25, -0.2) is 9.59 Å². The number of benzene rings is 1. The van der Waals surface area contributed by atoms with E-state index in [1.807, 2.05) is 6.07 Å². The van der Waals surface area contributed by atoms with Gasteiger partial charge in [0.1, 0.15) is 17.6 Å². The van der Waals surface area contributed by atoms with E-state index in [2.05, 4.69) is 5.92 Å². The van der Waals surface area contributed by atoms with E-state index < -0.39 is 17.7 Å². The number of halogens is 1. The minimum Gasteiger partial charge on any atom is -0.490 e. The molecule has 0 saturated carbocycles. The first kappa shape index (κ1) is 29.4. The monoisotopic (exact) mass is 543 g/mol. The second kappa shape index (κ2) is 14.1. The van der Waals surface area contributed by atoms with Gasteiger partial charge in [0.25, 0.3) is 0 Å². The Kier molecular flexibility index (Phi) is 11.2.